The van der Waals surface area contributed by atoms with Gasteiger partial charge in [0.1, 0.15) is 17.5 Å². The summed E-state index contributed by atoms with van der Waals surface area (Å²) < 4.78 is 13.1. The number of carbonyl (C=O) groups excluding carboxylic acids is 3. The molecule has 3 saturated heterocycles. The van der Waals surface area contributed by atoms with Gasteiger partial charge < -0.3 is 44.8 Å². The van der Waals surface area contributed by atoms with Gasteiger partial charge in [0.05, 0.1) is 19.2 Å². The molecule has 2 unspecified atom stereocenters. The molecule has 282 valence electrons. The maximum Gasteiger partial charge on any atom is 0.410 e. The topological polar surface area (TPSA) is 157 Å². The number of aliphatic hydroxyl groups excluding tert-OH is 1. The number of amides is 3. The van der Waals surface area contributed by atoms with E-state index >= 15 is 0 Å². The molecule has 5 rings (SSSR count). The molecule has 5 heterocycles. The zero-order valence-corrected chi connectivity index (χ0v) is 31.3. The van der Waals surface area contributed by atoms with E-state index in [1.54, 1.807) is 25.3 Å². The lowest BCUT2D eigenvalue weighted by molar-refractivity contribution is -0.125. The molecule has 3 amide bonds. The highest BCUT2D eigenvalue weighted by Crippen LogP contribution is 2.30. The number of β-amino-alcohol motifs (C(OH)–C–C–N with tert-alkyl or cyclic N) is 1. The Morgan fingerprint density at radius 3 is 2.39 bits per heavy atom. The lowest BCUT2D eigenvalue weighted by atomic mass is 9.94. The van der Waals surface area contributed by atoms with Crippen LogP contribution in [0, 0.1) is 5.92 Å². The first-order valence-electron chi connectivity index (χ1n) is 18.3. The van der Waals surface area contributed by atoms with Crippen molar-refractivity contribution >= 4 is 35.4 Å². The van der Waals surface area contributed by atoms with Crippen molar-refractivity contribution in [2.75, 3.05) is 77.1 Å². The number of piperidine rings is 2. The minimum Gasteiger partial charge on any atom is -0.444 e. The van der Waals surface area contributed by atoms with Gasteiger partial charge in [0.25, 0.3) is 0 Å². The highest BCUT2D eigenvalue weighted by atomic mass is 16.6. The molecule has 15 nitrogen and oxygen atoms in total. The third-order valence-corrected chi connectivity index (χ3v) is 9.57. The standard InChI is InChI=1S/C36H57N9O6/c1-24(2)31-32(38-26-11-17-42(18-12-26)34(48)50-27-13-19-43(22-27)30(47)9-8-15-41(6)7)40-45-20-14-29(39-33(31)45)37-21-25-10-16-44(23-28(25)46)35(49)51-36(3,4)5/h8-9,14,20,24-28,46H,10-13,15-19,21-23H2,1-7H3,(H,37,39)(H,38,40)/b9-8+/t25?,27-,28?/m0/s1. The molecule has 2 aromatic rings. The summed E-state index contributed by atoms with van der Waals surface area (Å²) in [7, 11) is 3.90. The summed E-state index contributed by atoms with van der Waals surface area (Å²) in [5, 5.41) is 22.7. The number of likely N-dealkylation sites (tertiary alicyclic amines) is 3. The van der Waals surface area contributed by atoms with E-state index in [1.807, 2.05) is 58.1 Å². The summed E-state index contributed by atoms with van der Waals surface area (Å²) in [6, 6.07) is 2.01. The van der Waals surface area contributed by atoms with Gasteiger partial charge in [-0.05, 0) is 66.1 Å². The summed E-state index contributed by atoms with van der Waals surface area (Å²) in [6.07, 6.45) is 6.45. The van der Waals surface area contributed by atoms with E-state index < -0.39 is 17.8 Å². The lowest BCUT2D eigenvalue weighted by Crippen LogP contribution is -2.49. The van der Waals surface area contributed by atoms with Crippen molar-refractivity contribution in [2.24, 2.45) is 5.92 Å². The van der Waals surface area contributed by atoms with Crippen molar-refractivity contribution < 1.29 is 29.0 Å². The number of aromatic nitrogens is 3. The molecular formula is C36H57N9O6. The molecule has 3 atom stereocenters. The monoisotopic (exact) mass is 711 g/mol. The number of nitrogens with one attached hydrogen (secondary N) is 2. The first-order chi connectivity index (χ1) is 24.2. The Labute approximate surface area is 301 Å². The van der Waals surface area contributed by atoms with Crippen LogP contribution in [0.1, 0.15) is 71.8 Å². The number of aliphatic hydroxyl groups is 1. The Morgan fingerprint density at radius 1 is 1.02 bits per heavy atom. The van der Waals surface area contributed by atoms with E-state index in [0.29, 0.717) is 64.5 Å². The van der Waals surface area contributed by atoms with Crippen LogP contribution in [-0.4, -0.2) is 148 Å². The van der Waals surface area contributed by atoms with Crippen LogP contribution in [0.2, 0.25) is 0 Å². The third kappa shape index (κ3) is 10.2. The minimum atomic E-state index is -0.669. The Kier molecular flexibility index (Phi) is 12.3. The van der Waals surface area contributed by atoms with Gasteiger partial charge in [-0.2, -0.15) is 0 Å². The summed E-state index contributed by atoms with van der Waals surface area (Å²) >= 11 is 0. The number of likely N-dealkylation sites (N-methyl/N-ethyl adjacent to an activating group) is 1. The van der Waals surface area contributed by atoms with E-state index in [-0.39, 0.29) is 42.5 Å². The predicted molar refractivity (Wildman–Crippen MR) is 195 cm³/mol. The number of anilines is 2. The number of hydrogen-bond acceptors (Lipinski definition) is 11. The lowest BCUT2D eigenvalue weighted by Gasteiger charge is -2.36. The summed E-state index contributed by atoms with van der Waals surface area (Å²) in [5.74, 6) is 1.56. The molecule has 2 aromatic heterocycles. The molecule has 15 heteroatoms. The smallest absolute Gasteiger partial charge is 0.410 e. The fraction of sp³-hybridized carbons (Fsp3) is 0.694. The van der Waals surface area contributed by atoms with E-state index in [1.165, 1.54) is 0 Å². The van der Waals surface area contributed by atoms with E-state index in [4.69, 9.17) is 19.6 Å². The number of nitrogens with zero attached hydrogens (tertiary/aromatic N) is 7. The maximum atomic E-state index is 13.0. The van der Waals surface area contributed by atoms with E-state index in [9.17, 15) is 19.5 Å². The first-order valence-corrected chi connectivity index (χ1v) is 18.3. The van der Waals surface area contributed by atoms with Crippen molar-refractivity contribution in [2.45, 2.75) is 90.1 Å². The van der Waals surface area contributed by atoms with Crippen LogP contribution in [0.5, 0.6) is 0 Å². The molecule has 0 saturated carbocycles. The Balaban J connectivity index is 1.11. The number of ether oxygens (including phenoxy) is 2. The van der Waals surface area contributed by atoms with Gasteiger partial charge in [-0.25, -0.2) is 19.1 Å². The SMILES string of the molecule is CC(C)c1c(NC2CCN(C(=O)O[C@H]3CCN(C(=O)/C=C/CN(C)C)C3)CC2)nn2ccc(NCC3CCN(C(=O)OC(C)(C)C)CC3O)nc12. The van der Waals surface area contributed by atoms with Crippen LogP contribution >= 0.6 is 0 Å². The Hall–Kier alpha value is -4.11. The van der Waals surface area contributed by atoms with Gasteiger partial charge >= 0.3 is 12.2 Å². The average molecular weight is 712 g/mol. The maximum absolute atomic E-state index is 13.0. The fourth-order valence-corrected chi connectivity index (χ4v) is 6.74. The van der Waals surface area contributed by atoms with Gasteiger partial charge in [-0.3, -0.25) is 4.79 Å². The van der Waals surface area contributed by atoms with E-state index in [2.05, 4.69) is 24.5 Å². The van der Waals surface area contributed by atoms with Crippen LogP contribution in [0.25, 0.3) is 5.65 Å². The van der Waals surface area contributed by atoms with Crippen LogP contribution in [0.4, 0.5) is 21.2 Å². The van der Waals surface area contributed by atoms with Crippen LogP contribution in [0.3, 0.4) is 0 Å². The second-order valence-corrected chi connectivity index (χ2v) is 15.6. The second kappa shape index (κ2) is 16.5. The molecular weight excluding hydrogens is 654 g/mol. The normalized spacial score (nSPS) is 22.0. The van der Waals surface area contributed by atoms with Crippen LogP contribution in [0.15, 0.2) is 24.4 Å². The van der Waals surface area contributed by atoms with Gasteiger partial charge in [-0.1, -0.05) is 19.9 Å². The summed E-state index contributed by atoms with van der Waals surface area (Å²) in [5.41, 5.74) is 1.20. The van der Waals surface area contributed by atoms with Gasteiger partial charge in [0.15, 0.2) is 11.5 Å². The first kappa shape index (κ1) is 38.1. The van der Waals surface area contributed by atoms with Gasteiger partial charge in [0, 0.05) is 75.5 Å². The number of rotatable bonds is 10. The third-order valence-electron chi connectivity index (χ3n) is 9.57. The number of hydrogen-bond donors (Lipinski definition) is 3. The van der Waals surface area contributed by atoms with E-state index in [0.717, 1.165) is 29.9 Å². The van der Waals surface area contributed by atoms with Crippen LogP contribution < -0.4 is 10.6 Å². The summed E-state index contributed by atoms with van der Waals surface area (Å²) in [6.45, 7) is 13.9. The van der Waals surface area contributed by atoms with Crippen molar-refractivity contribution in [1.82, 2.24) is 34.2 Å². The fourth-order valence-electron chi connectivity index (χ4n) is 6.74. The molecule has 0 bridgehead atoms. The largest absolute Gasteiger partial charge is 0.444 e. The molecule has 3 aliphatic heterocycles. The Morgan fingerprint density at radius 2 is 1.73 bits per heavy atom. The highest BCUT2D eigenvalue weighted by Gasteiger charge is 2.34. The molecule has 3 N–H and O–H groups in total. The molecule has 51 heavy (non-hydrogen) atoms. The molecule has 0 spiro atoms. The number of carbonyl (C=O) groups is 3. The van der Waals surface area contributed by atoms with Gasteiger partial charge in [-0.15, -0.1) is 5.10 Å². The zero-order chi connectivity index (χ0) is 36.9. The van der Waals surface area contributed by atoms with Crippen LogP contribution in [-0.2, 0) is 14.3 Å². The molecule has 3 aliphatic rings. The molecule has 0 aromatic carbocycles. The molecule has 0 radical (unpaired) electrons. The Bertz CT molecular complexity index is 1550. The van der Waals surface area contributed by atoms with Crippen molar-refractivity contribution in [1.29, 1.82) is 0 Å². The summed E-state index contributed by atoms with van der Waals surface area (Å²) in [4.78, 5) is 49.9. The second-order valence-electron chi connectivity index (χ2n) is 15.6. The van der Waals surface area contributed by atoms with Crippen molar-refractivity contribution in [3.05, 3.63) is 30.0 Å². The highest BCUT2D eigenvalue weighted by molar-refractivity contribution is 5.87. The van der Waals surface area contributed by atoms with Gasteiger partial charge in [0.2, 0.25) is 5.91 Å². The molecule has 0 aliphatic carbocycles. The zero-order valence-electron chi connectivity index (χ0n) is 31.3. The molecule has 3 fully saturated rings. The minimum absolute atomic E-state index is 0.0332. The predicted octanol–water partition coefficient (Wildman–Crippen LogP) is 3.61. The van der Waals surface area contributed by atoms with Crippen molar-refractivity contribution in [3.8, 4) is 0 Å². The quantitative estimate of drug-likeness (QED) is 0.310. The average Bonchev–Trinajstić information content (AvgIpc) is 3.67. The van der Waals surface area contributed by atoms with Crippen molar-refractivity contribution in [3.63, 3.8) is 0 Å². The number of fused-ring (bicyclic) bond motifs is 1.